The molecule has 0 aromatic rings. The van der Waals surface area contributed by atoms with Crippen LogP contribution in [0.5, 0.6) is 0 Å². The Kier molecular flexibility index (Phi) is 4.33. The highest BCUT2D eigenvalue weighted by Crippen LogP contribution is 2.28. The summed E-state index contributed by atoms with van der Waals surface area (Å²) >= 11 is 1.93. The van der Waals surface area contributed by atoms with Gasteiger partial charge in [-0.2, -0.15) is 11.8 Å². The molecule has 1 amide bonds. The van der Waals surface area contributed by atoms with Crippen molar-refractivity contribution in [1.82, 2.24) is 10.2 Å². The first kappa shape index (κ1) is 13.2. The first-order chi connectivity index (χ1) is 8.19. The fourth-order valence-electron chi connectivity index (χ4n) is 2.63. The van der Waals surface area contributed by atoms with E-state index in [0.717, 1.165) is 44.0 Å². The number of carbonyl (C=O) groups is 1. The van der Waals surface area contributed by atoms with E-state index in [0.29, 0.717) is 6.04 Å². The second-order valence-corrected chi connectivity index (χ2v) is 6.02. The lowest BCUT2D eigenvalue weighted by molar-refractivity contribution is -0.160. The molecule has 0 aliphatic carbocycles. The fraction of sp³-hybridized carbons (Fsp3) is 0.917. The highest BCUT2D eigenvalue weighted by atomic mass is 32.2. The van der Waals surface area contributed by atoms with Crippen LogP contribution in [0.2, 0.25) is 0 Å². The molecule has 2 fully saturated rings. The van der Waals surface area contributed by atoms with Crippen molar-refractivity contribution in [2.75, 3.05) is 38.2 Å². The second kappa shape index (κ2) is 5.59. The van der Waals surface area contributed by atoms with Crippen molar-refractivity contribution >= 4 is 17.7 Å². The molecule has 1 atom stereocenters. The molecular formula is C12H22N2O2S. The van der Waals surface area contributed by atoms with Crippen molar-refractivity contribution < 1.29 is 9.53 Å². The molecule has 0 aromatic heterocycles. The third kappa shape index (κ3) is 2.61. The number of methoxy groups -OCH3 is 1. The largest absolute Gasteiger partial charge is 0.368 e. The number of rotatable bonds is 2. The minimum absolute atomic E-state index is 0.203. The SMILES string of the molecule is COC1(C(=O)N2CCSCC2C)CCNCC1. The molecule has 2 heterocycles. The Hall–Kier alpha value is -0.260. The van der Waals surface area contributed by atoms with Gasteiger partial charge in [-0.15, -0.1) is 0 Å². The topological polar surface area (TPSA) is 41.6 Å². The number of piperidine rings is 1. The fourth-order valence-corrected chi connectivity index (χ4v) is 3.64. The van der Waals surface area contributed by atoms with Gasteiger partial charge in [0.15, 0.2) is 0 Å². The summed E-state index contributed by atoms with van der Waals surface area (Å²) in [7, 11) is 1.67. The van der Waals surface area contributed by atoms with Gasteiger partial charge in [-0.25, -0.2) is 0 Å². The number of thioether (sulfide) groups is 1. The molecule has 17 heavy (non-hydrogen) atoms. The number of nitrogens with zero attached hydrogens (tertiary/aromatic N) is 1. The molecular weight excluding hydrogens is 236 g/mol. The van der Waals surface area contributed by atoms with Crippen LogP contribution in [0.3, 0.4) is 0 Å². The molecule has 0 aromatic carbocycles. The van der Waals surface area contributed by atoms with Crippen molar-refractivity contribution in [3.05, 3.63) is 0 Å². The van der Waals surface area contributed by atoms with Crippen LogP contribution in [-0.2, 0) is 9.53 Å². The number of hydrogen-bond acceptors (Lipinski definition) is 4. The zero-order valence-electron chi connectivity index (χ0n) is 10.7. The standard InChI is InChI=1S/C12H22N2O2S/c1-10-9-17-8-7-14(10)11(15)12(16-2)3-5-13-6-4-12/h10,13H,3-9H2,1-2H3. The highest BCUT2D eigenvalue weighted by molar-refractivity contribution is 7.99. The average Bonchev–Trinajstić information content (AvgIpc) is 2.39. The Morgan fingerprint density at radius 2 is 2.18 bits per heavy atom. The van der Waals surface area contributed by atoms with Crippen LogP contribution in [-0.4, -0.2) is 60.7 Å². The Morgan fingerprint density at radius 3 is 2.76 bits per heavy atom. The van der Waals surface area contributed by atoms with Crippen molar-refractivity contribution in [2.45, 2.75) is 31.4 Å². The van der Waals surface area contributed by atoms with Gasteiger partial charge in [-0.1, -0.05) is 0 Å². The summed E-state index contributed by atoms with van der Waals surface area (Å²) in [6.07, 6.45) is 1.58. The van der Waals surface area contributed by atoms with E-state index in [-0.39, 0.29) is 5.91 Å². The molecule has 0 spiro atoms. The Morgan fingerprint density at radius 1 is 1.47 bits per heavy atom. The summed E-state index contributed by atoms with van der Waals surface area (Å²) in [5.74, 6) is 2.30. The third-order valence-corrected chi connectivity index (χ3v) is 5.01. The van der Waals surface area contributed by atoms with Gasteiger partial charge in [0, 0.05) is 31.2 Å². The molecule has 2 aliphatic heterocycles. The van der Waals surface area contributed by atoms with Gasteiger partial charge in [0.2, 0.25) is 0 Å². The minimum Gasteiger partial charge on any atom is -0.368 e. The van der Waals surface area contributed by atoms with Crippen LogP contribution in [0, 0.1) is 0 Å². The highest BCUT2D eigenvalue weighted by Gasteiger charge is 2.43. The number of ether oxygens (including phenoxy) is 1. The monoisotopic (exact) mass is 258 g/mol. The number of nitrogens with one attached hydrogen (secondary N) is 1. The molecule has 0 radical (unpaired) electrons. The third-order valence-electron chi connectivity index (χ3n) is 3.82. The van der Waals surface area contributed by atoms with E-state index in [2.05, 4.69) is 12.2 Å². The predicted molar refractivity (Wildman–Crippen MR) is 70.3 cm³/mol. The van der Waals surface area contributed by atoms with Crippen LogP contribution >= 0.6 is 11.8 Å². The van der Waals surface area contributed by atoms with Crippen molar-refractivity contribution in [3.63, 3.8) is 0 Å². The van der Waals surface area contributed by atoms with Gasteiger partial charge in [0.1, 0.15) is 5.60 Å². The quantitative estimate of drug-likeness (QED) is 0.792. The first-order valence-corrected chi connectivity index (χ1v) is 7.50. The van der Waals surface area contributed by atoms with E-state index in [9.17, 15) is 4.79 Å². The van der Waals surface area contributed by atoms with Gasteiger partial charge in [-0.05, 0) is 32.9 Å². The molecule has 0 saturated carbocycles. The molecule has 2 saturated heterocycles. The van der Waals surface area contributed by atoms with E-state index in [1.54, 1.807) is 7.11 Å². The maximum atomic E-state index is 12.7. The predicted octanol–water partition coefficient (Wildman–Crippen LogP) is 0.719. The van der Waals surface area contributed by atoms with Crippen molar-refractivity contribution in [1.29, 1.82) is 0 Å². The molecule has 5 heteroatoms. The van der Waals surface area contributed by atoms with Crippen molar-refractivity contribution in [2.24, 2.45) is 0 Å². The molecule has 4 nitrogen and oxygen atoms in total. The van der Waals surface area contributed by atoms with Crippen LogP contribution in [0.25, 0.3) is 0 Å². The molecule has 0 bridgehead atoms. The average molecular weight is 258 g/mol. The zero-order chi connectivity index (χ0) is 12.3. The van der Waals surface area contributed by atoms with Gasteiger partial charge in [0.25, 0.3) is 5.91 Å². The molecule has 2 rings (SSSR count). The zero-order valence-corrected chi connectivity index (χ0v) is 11.5. The van der Waals surface area contributed by atoms with Crippen LogP contribution in [0.4, 0.5) is 0 Å². The smallest absolute Gasteiger partial charge is 0.255 e. The van der Waals surface area contributed by atoms with Crippen molar-refractivity contribution in [3.8, 4) is 0 Å². The summed E-state index contributed by atoms with van der Waals surface area (Å²) in [4.78, 5) is 14.7. The van der Waals surface area contributed by atoms with Gasteiger partial charge >= 0.3 is 0 Å². The van der Waals surface area contributed by atoms with E-state index in [1.807, 2.05) is 16.7 Å². The van der Waals surface area contributed by atoms with E-state index < -0.39 is 5.60 Å². The molecule has 98 valence electrons. The summed E-state index contributed by atoms with van der Waals surface area (Å²) in [5, 5.41) is 3.29. The summed E-state index contributed by atoms with van der Waals surface area (Å²) in [5.41, 5.74) is -0.568. The van der Waals surface area contributed by atoms with E-state index >= 15 is 0 Å². The van der Waals surface area contributed by atoms with Gasteiger partial charge in [-0.3, -0.25) is 4.79 Å². The van der Waals surface area contributed by atoms with Gasteiger partial charge in [0.05, 0.1) is 0 Å². The molecule has 1 N–H and O–H groups in total. The van der Waals surface area contributed by atoms with E-state index in [1.165, 1.54) is 0 Å². The maximum Gasteiger partial charge on any atom is 0.255 e. The van der Waals surface area contributed by atoms with Crippen LogP contribution < -0.4 is 5.32 Å². The van der Waals surface area contributed by atoms with Crippen LogP contribution in [0.1, 0.15) is 19.8 Å². The summed E-state index contributed by atoms with van der Waals surface area (Å²) in [6.45, 7) is 4.74. The second-order valence-electron chi connectivity index (χ2n) is 4.87. The normalized spacial score (nSPS) is 29.1. The maximum absolute atomic E-state index is 12.7. The molecule has 2 aliphatic rings. The molecule has 1 unspecified atom stereocenters. The Bertz CT molecular complexity index is 280. The number of amides is 1. The number of hydrogen-bond donors (Lipinski definition) is 1. The summed E-state index contributed by atoms with van der Waals surface area (Å²) < 4.78 is 5.60. The lowest BCUT2D eigenvalue weighted by Gasteiger charge is -2.42. The lowest BCUT2D eigenvalue weighted by atomic mass is 9.90. The lowest BCUT2D eigenvalue weighted by Crippen LogP contribution is -2.58. The van der Waals surface area contributed by atoms with Crippen LogP contribution in [0.15, 0.2) is 0 Å². The van der Waals surface area contributed by atoms with Gasteiger partial charge < -0.3 is 15.0 Å². The first-order valence-electron chi connectivity index (χ1n) is 6.34. The van der Waals surface area contributed by atoms with E-state index in [4.69, 9.17) is 4.74 Å². The summed E-state index contributed by atoms with van der Waals surface area (Å²) in [6, 6.07) is 0.336. The Labute approximate surface area is 107 Å². The Balaban J connectivity index is 2.10. The minimum atomic E-state index is -0.568. The number of carbonyl (C=O) groups excluding carboxylic acids is 1.